The van der Waals surface area contributed by atoms with Gasteiger partial charge in [0.15, 0.2) is 5.82 Å². The maximum atomic E-state index is 6.51. The van der Waals surface area contributed by atoms with Crippen LogP contribution < -0.4 is 27.3 Å². The second-order valence-corrected chi connectivity index (χ2v) is 16.1. The molecule has 270 valence electrons. The van der Waals surface area contributed by atoms with E-state index in [2.05, 4.69) is 147 Å². The van der Waals surface area contributed by atoms with Crippen LogP contribution in [-0.4, -0.2) is 49.2 Å². The first-order valence-electron chi connectivity index (χ1n) is 20.0. The van der Waals surface area contributed by atoms with Gasteiger partial charge in [-0.05, 0) is 90.7 Å². The lowest BCUT2D eigenvalue weighted by Gasteiger charge is -2.25. The van der Waals surface area contributed by atoms with Gasteiger partial charge in [0.2, 0.25) is 0 Å². The second kappa shape index (κ2) is 14.6. The lowest BCUT2D eigenvalue weighted by molar-refractivity contribution is 0.661. The molecule has 0 unspecified atom stereocenters. The molecule has 0 saturated carbocycles. The molecule has 0 atom stereocenters. The summed E-state index contributed by atoms with van der Waals surface area (Å²) < 4.78 is 0. The van der Waals surface area contributed by atoms with Crippen LogP contribution in [0.5, 0.6) is 0 Å². The van der Waals surface area contributed by atoms with Gasteiger partial charge in [0, 0.05) is 22.1 Å². The van der Waals surface area contributed by atoms with Crippen LogP contribution in [0.1, 0.15) is 25.0 Å². The fraction of sp³-hybridized carbons (Fsp3) is 0.0566. The molecule has 1 aromatic heterocycles. The highest BCUT2D eigenvalue weighted by Crippen LogP contribution is 2.51. The van der Waals surface area contributed by atoms with Gasteiger partial charge in [-0.3, -0.25) is 0 Å². The molecule has 10 rings (SSSR count). The van der Waals surface area contributed by atoms with Gasteiger partial charge in [0.1, 0.15) is 39.2 Å². The molecule has 0 amide bonds. The number of hydrogen-bond acceptors (Lipinski definition) is 2. The van der Waals surface area contributed by atoms with E-state index in [-0.39, 0.29) is 21.8 Å². The van der Waals surface area contributed by atoms with Gasteiger partial charge in [-0.15, -0.1) is 16.4 Å². The van der Waals surface area contributed by atoms with Crippen LogP contribution in [0.25, 0.3) is 89.2 Å². The average Bonchev–Trinajstić information content (AvgIpc) is 3.52. The highest BCUT2D eigenvalue weighted by Gasteiger charge is 2.36. The number of hydrogen-bond donors (Lipinski definition) is 0. The smallest absolute Gasteiger partial charge is 0.160 e. The SMILES string of the molecule is [B]c1c([B])c([B])c(-c2ccc3c(c2)C(C)(C)c2cc(-c4ccc(-c5cc(-c6cccc(-c7ccccc7)c6)nc(-c6ccccc6)n5)c5ccccc45)ccc2-3)c([B])c1[B]. The molecule has 1 aliphatic rings. The molecule has 60 heavy (non-hydrogen) atoms. The van der Waals surface area contributed by atoms with Crippen molar-refractivity contribution in [2.45, 2.75) is 19.3 Å². The Hall–Kier alpha value is -6.58. The zero-order valence-corrected chi connectivity index (χ0v) is 33.4. The van der Waals surface area contributed by atoms with Crippen molar-refractivity contribution < 1.29 is 0 Å². The first-order chi connectivity index (χ1) is 29.1. The Kier molecular flexibility index (Phi) is 9.17. The van der Waals surface area contributed by atoms with E-state index < -0.39 is 0 Å². The molecule has 0 aliphatic heterocycles. The fourth-order valence-electron chi connectivity index (χ4n) is 8.93. The molecule has 1 heterocycles. The van der Waals surface area contributed by atoms with Crippen molar-refractivity contribution in [2.24, 2.45) is 0 Å². The van der Waals surface area contributed by atoms with E-state index in [0.717, 1.165) is 66.7 Å². The minimum atomic E-state index is -0.329. The van der Waals surface area contributed by atoms with Gasteiger partial charge in [-0.1, -0.05) is 164 Å². The highest BCUT2D eigenvalue weighted by molar-refractivity contribution is 6.68. The van der Waals surface area contributed by atoms with E-state index >= 15 is 0 Å². The standard InChI is InChI=1S/C53H33B5N2/c1-53(2)42-27-33(20-22-39(42)40-23-21-35(28-43(40)53)46-47(54)49(56)51(58)50(57)48(46)55)36-24-25-41(38-19-10-9-18-37(36)38)45-29-44(59-52(60-45)31-14-7-4-8-15-31)34-17-11-16-32(26-34)30-12-5-3-6-13-30/h3-29H,1-2H3. The second-order valence-electron chi connectivity index (χ2n) is 16.1. The maximum absolute atomic E-state index is 6.51. The average molecular weight is 752 g/mol. The first-order valence-corrected chi connectivity index (χ1v) is 20.0. The van der Waals surface area contributed by atoms with Crippen molar-refractivity contribution in [3.8, 4) is 78.4 Å². The quantitative estimate of drug-likeness (QED) is 0.162. The number of aromatic nitrogens is 2. The predicted octanol–water partition coefficient (Wildman–Crippen LogP) is 7.91. The molecule has 0 saturated heterocycles. The third-order valence-electron chi connectivity index (χ3n) is 12.2. The Balaban J connectivity index is 1.07. The monoisotopic (exact) mass is 752 g/mol. The van der Waals surface area contributed by atoms with E-state index in [4.69, 9.17) is 49.2 Å². The van der Waals surface area contributed by atoms with Crippen molar-refractivity contribution in [3.05, 3.63) is 175 Å². The third kappa shape index (κ3) is 6.18. The Labute approximate surface area is 358 Å². The van der Waals surface area contributed by atoms with Crippen molar-refractivity contribution >= 4 is 77.3 Å². The van der Waals surface area contributed by atoms with Crippen LogP contribution >= 0.6 is 0 Å². The minimum Gasteiger partial charge on any atom is -0.228 e. The number of nitrogens with zero attached hydrogens (tertiary/aromatic N) is 2. The zero-order chi connectivity index (χ0) is 41.3. The van der Waals surface area contributed by atoms with Crippen LogP contribution in [0.2, 0.25) is 0 Å². The van der Waals surface area contributed by atoms with Gasteiger partial charge in [0.25, 0.3) is 0 Å². The topological polar surface area (TPSA) is 25.8 Å². The summed E-state index contributed by atoms with van der Waals surface area (Å²) in [5.74, 6) is 0.679. The summed E-state index contributed by atoms with van der Waals surface area (Å²) in [6.45, 7) is 4.52. The van der Waals surface area contributed by atoms with Crippen molar-refractivity contribution in [3.63, 3.8) is 0 Å². The van der Waals surface area contributed by atoms with Gasteiger partial charge < -0.3 is 0 Å². The predicted molar refractivity (Wildman–Crippen MR) is 257 cm³/mol. The summed E-state index contributed by atoms with van der Waals surface area (Å²) in [5.41, 5.74) is 16.6. The van der Waals surface area contributed by atoms with E-state index in [1.165, 1.54) is 22.3 Å². The van der Waals surface area contributed by atoms with Gasteiger partial charge >= 0.3 is 0 Å². The lowest BCUT2D eigenvalue weighted by Crippen LogP contribution is -2.55. The van der Waals surface area contributed by atoms with E-state index in [1.54, 1.807) is 0 Å². The first kappa shape index (κ1) is 37.7. The zero-order valence-electron chi connectivity index (χ0n) is 33.4. The van der Waals surface area contributed by atoms with E-state index in [9.17, 15) is 0 Å². The summed E-state index contributed by atoms with van der Waals surface area (Å²) in [4.78, 5) is 10.4. The molecular weight excluding hydrogens is 719 g/mol. The van der Waals surface area contributed by atoms with Crippen molar-refractivity contribution in [1.29, 1.82) is 0 Å². The van der Waals surface area contributed by atoms with E-state index in [0.29, 0.717) is 22.3 Å². The molecule has 0 bridgehead atoms. The number of fused-ring (bicyclic) bond motifs is 4. The molecule has 9 aromatic rings. The Bertz CT molecular complexity index is 3150. The Morgan fingerprint density at radius 1 is 0.350 bits per heavy atom. The molecule has 8 aromatic carbocycles. The summed E-state index contributed by atoms with van der Waals surface area (Å²) in [7, 11) is 31.7. The minimum absolute atomic E-state index is 0.208. The van der Waals surface area contributed by atoms with Crippen LogP contribution in [0, 0.1) is 0 Å². The van der Waals surface area contributed by atoms with Crippen molar-refractivity contribution in [2.75, 3.05) is 0 Å². The molecular formula is C53H33B5N2. The van der Waals surface area contributed by atoms with Crippen LogP contribution in [0.15, 0.2) is 164 Å². The van der Waals surface area contributed by atoms with Gasteiger partial charge in [-0.2, -0.15) is 0 Å². The normalized spacial score (nSPS) is 12.6. The molecule has 0 fully saturated rings. The number of rotatable bonds is 6. The highest BCUT2D eigenvalue weighted by atomic mass is 14.9. The lowest BCUT2D eigenvalue weighted by atomic mass is 9.59. The summed E-state index contributed by atoms with van der Waals surface area (Å²) in [6.07, 6.45) is 0. The fourth-order valence-corrected chi connectivity index (χ4v) is 8.93. The molecule has 0 N–H and O–H groups in total. The number of benzene rings is 8. The van der Waals surface area contributed by atoms with Crippen LogP contribution in [-0.2, 0) is 5.41 Å². The maximum Gasteiger partial charge on any atom is 0.160 e. The van der Waals surface area contributed by atoms with Crippen LogP contribution in [0.3, 0.4) is 0 Å². The molecule has 0 spiro atoms. The van der Waals surface area contributed by atoms with Crippen LogP contribution in [0.4, 0.5) is 0 Å². The summed E-state index contributed by atoms with van der Waals surface area (Å²) >= 11 is 0. The van der Waals surface area contributed by atoms with Gasteiger partial charge in [-0.25, -0.2) is 9.97 Å². The summed E-state index contributed by atoms with van der Waals surface area (Å²) in [5, 5.41) is 2.25. The Morgan fingerprint density at radius 2 is 0.833 bits per heavy atom. The molecule has 7 heteroatoms. The molecule has 2 nitrogen and oxygen atoms in total. The largest absolute Gasteiger partial charge is 0.228 e. The summed E-state index contributed by atoms with van der Waals surface area (Å²) in [6, 6.07) is 57.5. The molecule has 10 radical (unpaired) electrons. The van der Waals surface area contributed by atoms with Crippen molar-refractivity contribution in [1.82, 2.24) is 9.97 Å². The molecule has 1 aliphatic carbocycles. The van der Waals surface area contributed by atoms with E-state index in [1.807, 2.05) is 30.3 Å². The van der Waals surface area contributed by atoms with Gasteiger partial charge in [0.05, 0.1) is 11.4 Å². The Morgan fingerprint density at radius 3 is 1.50 bits per heavy atom. The third-order valence-corrected chi connectivity index (χ3v) is 12.2.